The third kappa shape index (κ3) is 3.68. The smallest absolute Gasteiger partial charge is 0.417 e. The third-order valence-electron chi connectivity index (χ3n) is 6.27. The molecular weight excluding hydrogens is 479 g/mol. The highest BCUT2D eigenvalue weighted by Crippen LogP contribution is 2.56. The van der Waals surface area contributed by atoms with E-state index in [0.717, 1.165) is 0 Å². The van der Waals surface area contributed by atoms with Crippen LogP contribution in [0.15, 0.2) is 0 Å². The van der Waals surface area contributed by atoms with Crippen LogP contribution >= 0.6 is 11.6 Å². The Hall–Kier alpha value is -2.89. The first-order valence-electron chi connectivity index (χ1n) is 10.2. The molecule has 0 unspecified atom stereocenters. The van der Waals surface area contributed by atoms with Gasteiger partial charge in [-0.1, -0.05) is 11.6 Å². The van der Waals surface area contributed by atoms with Crippen LogP contribution in [-0.4, -0.2) is 30.0 Å². The van der Waals surface area contributed by atoms with Crippen LogP contribution in [0.2, 0.25) is 5.02 Å². The summed E-state index contributed by atoms with van der Waals surface area (Å²) in [7, 11) is 1.22. The molecule has 0 atom stereocenters. The fraction of sp³-hybridized carbons (Fsp3) is 0.364. The van der Waals surface area contributed by atoms with Gasteiger partial charge >= 0.3 is 11.9 Å². The molecule has 0 heterocycles. The largest absolute Gasteiger partial charge is 0.489 e. The molecule has 8 nitrogen and oxygen atoms in total. The van der Waals surface area contributed by atoms with Crippen molar-refractivity contribution >= 4 is 28.9 Å². The molecule has 0 aromatic heterocycles. The maximum atomic E-state index is 13.8. The lowest BCUT2D eigenvalue weighted by Crippen LogP contribution is -2.25. The van der Waals surface area contributed by atoms with Gasteiger partial charge in [-0.2, -0.15) is 13.2 Å². The summed E-state index contributed by atoms with van der Waals surface area (Å²) < 4.78 is 46.9. The number of hydrogen-bond acceptors (Lipinski definition) is 5. The number of carbonyl (C=O) groups excluding carboxylic acids is 1. The van der Waals surface area contributed by atoms with Crippen LogP contribution in [0.4, 0.5) is 24.5 Å². The number of methoxy groups -OCH3 is 1. The lowest BCUT2D eigenvalue weighted by molar-refractivity contribution is -0.386. The van der Waals surface area contributed by atoms with Crippen LogP contribution in [0.1, 0.15) is 33.4 Å². The van der Waals surface area contributed by atoms with E-state index in [1.807, 2.05) is 0 Å². The highest BCUT2D eigenvalue weighted by molar-refractivity contribution is 6.35. The van der Waals surface area contributed by atoms with Crippen LogP contribution in [0, 0.1) is 17.0 Å². The lowest BCUT2D eigenvalue weighted by Gasteiger charge is -2.30. The number of fused-ring (bicyclic) bond motifs is 3. The molecule has 2 aliphatic carbocycles. The quantitative estimate of drug-likeness (QED) is 0.461. The van der Waals surface area contributed by atoms with Crippen LogP contribution in [0.25, 0.3) is 11.1 Å². The van der Waals surface area contributed by atoms with E-state index in [1.54, 1.807) is 0 Å². The zero-order valence-corrected chi connectivity index (χ0v) is 18.9. The van der Waals surface area contributed by atoms with Gasteiger partial charge in [0, 0.05) is 16.7 Å². The summed E-state index contributed by atoms with van der Waals surface area (Å²) in [5.74, 6) is -0.832. The van der Waals surface area contributed by atoms with E-state index in [1.165, 1.54) is 7.11 Å². The van der Waals surface area contributed by atoms with Crippen LogP contribution in [-0.2, 0) is 43.1 Å². The Morgan fingerprint density at radius 3 is 2.24 bits per heavy atom. The maximum Gasteiger partial charge on any atom is 0.417 e. The molecule has 4 rings (SSSR count). The predicted octanol–water partition coefficient (Wildman–Crippen LogP) is 3.59. The number of rotatable bonds is 6. The molecule has 5 N–H and O–H groups in total. The number of nitro benzene ring substituents is 1. The summed E-state index contributed by atoms with van der Waals surface area (Å²) in [6.07, 6.45) is -3.48. The number of nitrogens with two attached hydrogens (primary N) is 1. The molecule has 0 saturated heterocycles. The minimum atomic E-state index is -4.58. The summed E-state index contributed by atoms with van der Waals surface area (Å²) in [4.78, 5) is 23.5. The van der Waals surface area contributed by atoms with Gasteiger partial charge in [0.05, 0.1) is 34.9 Å². The maximum absolute atomic E-state index is 13.8. The second-order valence-corrected chi connectivity index (χ2v) is 8.22. The molecule has 2 aromatic rings. The van der Waals surface area contributed by atoms with Gasteiger partial charge in [0.2, 0.25) is 11.7 Å². The number of amides is 1. The Morgan fingerprint density at radius 1 is 1.18 bits per heavy atom. The third-order valence-corrected chi connectivity index (χ3v) is 6.69. The zero-order chi connectivity index (χ0) is 24.2. The minimum Gasteiger partial charge on any atom is -0.489 e. The molecule has 2 aromatic carbocycles. The fourth-order valence-corrected chi connectivity index (χ4v) is 5.32. The topological polar surface area (TPSA) is 139 Å². The fourth-order valence-electron chi connectivity index (χ4n) is 4.93. The number of halogens is 4. The molecule has 0 spiro atoms. The van der Waals surface area contributed by atoms with Crippen LogP contribution in [0.3, 0.4) is 0 Å². The first kappa shape index (κ1) is 25.7. The van der Waals surface area contributed by atoms with E-state index in [2.05, 4.69) is 12.2 Å². The molecule has 0 saturated carbocycles. The van der Waals surface area contributed by atoms with Gasteiger partial charge in [-0.05, 0) is 61.3 Å². The van der Waals surface area contributed by atoms with E-state index >= 15 is 0 Å². The first-order chi connectivity index (χ1) is 15.6. The van der Waals surface area contributed by atoms with Gasteiger partial charge in [-0.25, -0.2) is 0 Å². The second kappa shape index (κ2) is 9.05. The normalized spacial score (nSPS) is 13.6. The van der Waals surface area contributed by atoms with E-state index < -0.39 is 29.1 Å². The Labute approximate surface area is 197 Å². The number of ether oxygens (including phenoxy) is 1. The van der Waals surface area contributed by atoms with Crippen molar-refractivity contribution in [2.45, 2.75) is 38.3 Å². The standard InChI is InChI=1S/C22H20ClF3N3O4.H2O/c1-3-9-11-5-7-13(17(11)22(24,25)26)18(23)15(9)16-10-4-6-12(10)20(29(31)32)21(33-2)19(16)28-14(30)8-27;/h1,3-8,27H2,2H3,(H,28,30);1H2. The van der Waals surface area contributed by atoms with Crippen molar-refractivity contribution in [3.63, 3.8) is 0 Å². The zero-order valence-electron chi connectivity index (χ0n) is 18.1. The summed E-state index contributed by atoms with van der Waals surface area (Å²) >= 11 is 6.62. The molecular formula is C22H22ClF3N3O5. The molecule has 12 heteroatoms. The average Bonchev–Trinajstić information content (AvgIpc) is 3.12. The Balaban J connectivity index is 0.00000324. The van der Waals surface area contributed by atoms with Crippen molar-refractivity contribution in [1.29, 1.82) is 0 Å². The molecule has 2 bridgehead atoms. The highest BCUT2D eigenvalue weighted by atomic mass is 35.5. The van der Waals surface area contributed by atoms with Gasteiger partial charge in [0.1, 0.15) is 0 Å². The van der Waals surface area contributed by atoms with E-state index in [4.69, 9.17) is 22.1 Å². The van der Waals surface area contributed by atoms with Gasteiger partial charge in [-0.3, -0.25) is 14.9 Å². The van der Waals surface area contributed by atoms with Gasteiger partial charge < -0.3 is 21.3 Å². The Morgan fingerprint density at radius 2 is 1.76 bits per heavy atom. The summed E-state index contributed by atoms with van der Waals surface area (Å²) in [6, 6.07) is 0. The molecule has 1 amide bonds. The first-order valence-corrected chi connectivity index (χ1v) is 10.6. The van der Waals surface area contributed by atoms with Gasteiger partial charge in [0.15, 0.2) is 0 Å². The van der Waals surface area contributed by atoms with Crippen molar-refractivity contribution in [1.82, 2.24) is 0 Å². The second-order valence-electron chi connectivity index (χ2n) is 7.85. The van der Waals surface area contributed by atoms with Crippen molar-refractivity contribution in [3.8, 4) is 16.9 Å². The van der Waals surface area contributed by atoms with Crippen LogP contribution < -0.4 is 15.8 Å². The Bertz CT molecular complexity index is 1210. The minimum absolute atomic E-state index is 0. The predicted molar refractivity (Wildman–Crippen MR) is 120 cm³/mol. The number of nitrogens with one attached hydrogen (secondary N) is 1. The lowest BCUT2D eigenvalue weighted by atomic mass is 9.77. The molecule has 183 valence electrons. The highest BCUT2D eigenvalue weighted by Gasteiger charge is 2.44. The van der Waals surface area contributed by atoms with Crippen molar-refractivity contribution in [2.75, 3.05) is 19.0 Å². The molecule has 34 heavy (non-hydrogen) atoms. The van der Waals surface area contributed by atoms with Crippen molar-refractivity contribution < 1.29 is 33.1 Å². The van der Waals surface area contributed by atoms with E-state index in [9.17, 15) is 28.1 Å². The molecule has 0 aliphatic heterocycles. The molecule has 2 aliphatic rings. The summed E-state index contributed by atoms with van der Waals surface area (Å²) in [5, 5.41) is 14.3. The molecule has 0 fully saturated rings. The summed E-state index contributed by atoms with van der Waals surface area (Å²) in [5.41, 5.74) is 6.40. The molecule has 1 radical (unpaired) electrons. The van der Waals surface area contributed by atoms with Crippen molar-refractivity contribution in [2.24, 2.45) is 5.73 Å². The number of carbonyl (C=O) groups is 1. The summed E-state index contributed by atoms with van der Waals surface area (Å²) in [6.45, 7) is 3.42. The van der Waals surface area contributed by atoms with E-state index in [-0.39, 0.29) is 58.0 Å². The van der Waals surface area contributed by atoms with Crippen molar-refractivity contribution in [3.05, 3.63) is 55.4 Å². The number of benzene rings is 2. The van der Waals surface area contributed by atoms with Gasteiger partial charge in [-0.15, -0.1) is 0 Å². The number of nitrogens with zero attached hydrogens (tertiary/aromatic N) is 1. The van der Waals surface area contributed by atoms with Crippen LogP contribution in [0.5, 0.6) is 5.75 Å². The van der Waals surface area contributed by atoms with Gasteiger partial charge in [0.25, 0.3) is 0 Å². The number of anilines is 1. The SMILES string of the molecule is O.[CH2]Cc1c2c(C(F)(F)F)c(c(Cl)c1-c1c3c(c([N+](=O)[O-])c(OC)c1NC(=O)CN)CC3)CC2. The number of nitro groups is 1. The average molecular weight is 501 g/mol. The Kier molecular flexibility index (Phi) is 6.84. The number of hydrogen-bond donors (Lipinski definition) is 2. The monoisotopic (exact) mass is 500 g/mol. The number of alkyl halides is 3. The van der Waals surface area contributed by atoms with E-state index in [0.29, 0.717) is 40.7 Å².